The molecule has 2 atom stereocenters. The topological polar surface area (TPSA) is 61.9 Å². The highest BCUT2D eigenvalue weighted by Gasteiger charge is 2.55. The fourth-order valence-electron chi connectivity index (χ4n) is 3.32. The number of unbranched alkanes of at least 4 members (excludes halogenated alkanes) is 9. The average Bonchev–Trinajstić information content (AvgIpc) is 3.38. The maximum atomic E-state index is 12.2. The Balaban J connectivity index is 2.01. The summed E-state index contributed by atoms with van der Waals surface area (Å²) < 4.78 is 5.52. The molecule has 2 unspecified atom stereocenters. The monoisotopic (exact) mass is 341 g/mol. The Labute approximate surface area is 148 Å². The second kappa shape index (κ2) is 12.7. The van der Waals surface area contributed by atoms with E-state index in [0.717, 1.165) is 6.42 Å². The van der Waals surface area contributed by atoms with E-state index in [-0.39, 0.29) is 18.4 Å². The molecule has 1 amide bonds. The minimum Gasteiger partial charge on any atom is -0.396 e. The maximum absolute atomic E-state index is 12.2. The summed E-state index contributed by atoms with van der Waals surface area (Å²) in [4.78, 5) is 12.2. The third-order valence-corrected chi connectivity index (χ3v) is 5.25. The van der Waals surface area contributed by atoms with Gasteiger partial charge in [0.25, 0.3) is 5.91 Å². The van der Waals surface area contributed by atoms with Gasteiger partial charge in [0.2, 0.25) is 0 Å². The molecule has 1 aliphatic heterocycles. The van der Waals surface area contributed by atoms with Crippen LogP contribution in [0.25, 0.3) is 0 Å². The second-order valence-electron chi connectivity index (χ2n) is 7.38. The number of rotatable bonds is 16. The van der Waals surface area contributed by atoms with Gasteiger partial charge < -0.3 is 15.2 Å². The van der Waals surface area contributed by atoms with Crippen molar-refractivity contribution < 1.29 is 14.6 Å². The normalized spacial score (nSPS) is 20.8. The SMILES string of the molecule is CCCCCCCCCCCCC(C)C1(C(=O)NCCCO)CO1. The molecule has 0 spiro atoms. The number of nitrogens with one attached hydrogen (secondary N) is 1. The van der Waals surface area contributed by atoms with Crippen LogP contribution in [0.4, 0.5) is 0 Å². The smallest absolute Gasteiger partial charge is 0.254 e. The molecule has 0 aromatic carbocycles. The van der Waals surface area contributed by atoms with Crippen LogP contribution in [0.1, 0.15) is 90.9 Å². The highest BCUT2D eigenvalue weighted by molar-refractivity contribution is 5.88. The van der Waals surface area contributed by atoms with Crippen LogP contribution < -0.4 is 5.32 Å². The minimum atomic E-state index is -0.575. The summed E-state index contributed by atoms with van der Waals surface area (Å²) in [5, 5.41) is 11.7. The summed E-state index contributed by atoms with van der Waals surface area (Å²) in [6.45, 7) is 5.59. The first-order chi connectivity index (χ1) is 11.7. The van der Waals surface area contributed by atoms with Gasteiger partial charge in [-0.25, -0.2) is 0 Å². The van der Waals surface area contributed by atoms with Crippen molar-refractivity contribution in [1.29, 1.82) is 0 Å². The van der Waals surface area contributed by atoms with E-state index < -0.39 is 5.60 Å². The van der Waals surface area contributed by atoms with Gasteiger partial charge in [0, 0.05) is 13.2 Å². The van der Waals surface area contributed by atoms with Gasteiger partial charge in [-0.15, -0.1) is 0 Å². The van der Waals surface area contributed by atoms with Crippen molar-refractivity contribution >= 4 is 5.91 Å². The molecule has 1 saturated heterocycles. The van der Waals surface area contributed by atoms with Gasteiger partial charge in [-0.05, 0) is 18.8 Å². The maximum Gasteiger partial charge on any atom is 0.254 e. The summed E-state index contributed by atoms with van der Waals surface area (Å²) >= 11 is 0. The van der Waals surface area contributed by atoms with Crippen molar-refractivity contribution in [2.45, 2.75) is 96.5 Å². The molecule has 1 rings (SSSR count). The molecule has 0 bridgehead atoms. The number of hydrogen-bond acceptors (Lipinski definition) is 3. The Morgan fingerprint density at radius 3 is 2.08 bits per heavy atom. The highest BCUT2D eigenvalue weighted by atomic mass is 16.6. The van der Waals surface area contributed by atoms with Gasteiger partial charge in [-0.1, -0.05) is 78.1 Å². The molecular formula is C20H39NO3. The van der Waals surface area contributed by atoms with Crippen molar-refractivity contribution in [3.05, 3.63) is 0 Å². The number of aliphatic hydroxyl groups excluding tert-OH is 1. The molecule has 1 heterocycles. The summed E-state index contributed by atoms with van der Waals surface area (Å²) in [6.07, 6.45) is 15.1. The van der Waals surface area contributed by atoms with Crippen molar-refractivity contribution in [1.82, 2.24) is 5.32 Å². The van der Waals surface area contributed by atoms with E-state index in [1.807, 2.05) is 0 Å². The van der Waals surface area contributed by atoms with Crippen molar-refractivity contribution in [2.75, 3.05) is 19.8 Å². The van der Waals surface area contributed by atoms with Crippen molar-refractivity contribution in [3.63, 3.8) is 0 Å². The number of amides is 1. The summed E-state index contributed by atoms with van der Waals surface area (Å²) in [7, 11) is 0. The molecule has 2 N–H and O–H groups in total. The predicted octanol–water partition coefficient (Wildman–Crippen LogP) is 4.20. The molecule has 24 heavy (non-hydrogen) atoms. The molecule has 0 saturated carbocycles. The number of ether oxygens (including phenoxy) is 1. The molecule has 4 nitrogen and oxygen atoms in total. The van der Waals surface area contributed by atoms with E-state index in [4.69, 9.17) is 9.84 Å². The number of carbonyl (C=O) groups is 1. The van der Waals surface area contributed by atoms with Crippen LogP contribution in [0.15, 0.2) is 0 Å². The van der Waals surface area contributed by atoms with E-state index in [0.29, 0.717) is 19.6 Å². The lowest BCUT2D eigenvalue weighted by molar-refractivity contribution is -0.128. The average molecular weight is 342 g/mol. The van der Waals surface area contributed by atoms with Gasteiger partial charge in [0.1, 0.15) is 0 Å². The minimum absolute atomic E-state index is 0.00975. The lowest BCUT2D eigenvalue weighted by Gasteiger charge is -2.19. The molecule has 4 heteroatoms. The third-order valence-electron chi connectivity index (χ3n) is 5.25. The Bertz CT molecular complexity index is 329. The molecule has 0 aromatic rings. The molecule has 1 aliphatic rings. The van der Waals surface area contributed by atoms with Crippen LogP contribution in [0, 0.1) is 5.92 Å². The van der Waals surface area contributed by atoms with Gasteiger partial charge >= 0.3 is 0 Å². The Morgan fingerprint density at radius 2 is 1.58 bits per heavy atom. The third kappa shape index (κ3) is 7.98. The summed E-state index contributed by atoms with van der Waals surface area (Å²) in [5.74, 6) is 0.288. The number of hydrogen-bond donors (Lipinski definition) is 2. The molecule has 0 aliphatic carbocycles. The molecule has 1 fully saturated rings. The van der Waals surface area contributed by atoms with Crippen LogP contribution in [0.5, 0.6) is 0 Å². The van der Waals surface area contributed by atoms with E-state index in [1.54, 1.807) is 0 Å². The fourth-order valence-corrected chi connectivity index (χ4v) is 3.32. The van der Waals surface area contributed by atoms with Crippen molar-refractivity contribution in [2.24, 2.45) is 5.92 Å². The number of aliphatic hydroxyl groups is 1. The molecule has 0 radical (unpaired) electrons. The van der Waals surface area contributed by atoms with Gasteiger partial charge in [0.15, 0.2) is 5.60 Å². The second-order valence-corrected chi connectivity index (χ2v) is 7.38. The lowest BCUT2D eigenvalue weighted by atomic mass is 9.88. The first-order valence-electron chi connectivity index (χ1n) is 10.2. The Morgan fingerprint density at radius 1 is 1.04 bits per heavy atom. The first kappa shape index (κ1) is 21.4. The number of epoxide rings is 1. The largest absolute Gasteiger partial charge is 0.396 e. The Kier molecular flexibility index (Phi) is 11.4. The zero-order valence-electron chi connectivity index (χ0n) is 15.9. The van der Waals surface area contributed by atoms with Crippen LogP contribution in [-0.2, 0) is 9.53 Å². The highest BCUT2D eigenvalue weighted by Crippen LogP contribution is 2.38. The quantitative estimate of drug-likeness (QED) is 0.327. The summed E-state index contributed by atoms with van der Waals surface area (Å²) in [5.41, 5.74) is -0.575. The van der Waals surface area contributed by atoms with Crippen LogP contribution in [-0.4, -0.2) is 36.4 Å². The van der Waals surface area contributed by atoms with Crippen LogP contribution >= 0.6 is 0 Å². The van der Waals surface area contributed by atoms with E-state index in [2.05, 4.69) is 19.2 Å². The molecule has 142 valence electrons. The molecular weight excluding hydrogens is 302 g/mol. The van der Waals surface area contributed by atoms with Crippen molar-refractivity contribution in [3.8, 4) is 0 Å². The van der Waals surface area contributed by atoms with Crippen LogP contribution in [0.2, 0.25) is 0 Å². The summed E-state index contributed by atoms with van der Waals surface area (Å²) in [6, 6.07) is 0. The predicted molar refractivity (Wildman–Crippen MR) is 99.0 cm³/mol. The standard InChI is InChI=1S/C20H39NO3/c1-3-4-5-6-7-8-9-10-11-12-14-18(2)20(17-24-20)19(23)21-15-13-16-22/h18,22H,3-17H2,1-2H3,(H,21,23). The molecule has 0 aromatic heterocycles. The van der Waals surface area contributed by atoms with Gasteiger partial charge in [-0.2, -0.15) is 0 Å². The zero-order valence-corrected chi connectivity index (χ0v) is 15.9. The van der Waals surface area contributed by atoms with Gasteiger partial charge in [0.05, 0.1) is 6.61 Å². The van der Waals surface area contributed by atoms with E-state index in [9.17, 15) is 4.79 Å². The van der Waals surface area contributed by atoms with E-state index >= 15 is 0 Å². The fraction of sp³-hybridized carbons (Fsp3) is 0.950. The lowest BCUT2D eigenvalue weighted by Crippen LogP contribution is -2.42. The number of carbonyl (C=O) groups excluding carboxylic acids is 1. The van der Waals surface area contributed by atoms with Gasteiger partial charge in [-0.3, -0.25) is 4.79 Å². The first-order valence-corrected chi connectivity index (χ1v) is 10.2. The zero-order chi connectivity index (χ0) is 17.7. The van der Waals surface area contributed by atoms with Crippen LogP contribution in [0.3, 0.4) is 0 Å². The Hall–Kier alpha value is -0.610. The van der Waals surface area contributed by atoms with E-state index in [1.165, 1.54) is 64.2 Å².